The van der Waals surface area contributed by atoms with E-state index in [0.29, 0.717) is 5.92 Å². The zero-order chi connectivity index (χ0) is 20.9. The smallest absolute Gasteiger partial charge is 0.357 e. The van der Waals surface area contributed by atoms with Crippen LogP contribution < -0.4 is 5.32 Å². The summed E-state index contributed by atoms with van der Waals surface area (Å²) in [6, 6.07) is 15.9. The van der Waals surface area contributed by atoms with E-state index in [1.807, 2.05) is 64.1 Å². The van der Waals surface area contributed by atoms with Crippen molar-refractivity contribution >= 4 is 29.2 Å². The summed E-state index contributed by atoms with van der Waals surface area (Å²) in [6.07, 6.45) is -0.458. The highest BCUT2D eigenvalue weighted by Crippen LogP contribution is 2.62. The summed E-state index contributed by atoms with van der Waals surface area (Å²) in [5.74, 6) is -0.161. The Morgan fingerprint density at radius 3 is 1.68 bits per heavy atom. The van der Waals surface area contributed by atoms with Crippen molar-refractivity contribution in [2.45, 2.75) is 65.5 Å². The van der Waals surface area contributed by atoms with Gasteiger partial charge in [-0.1, -0.05) is 54.0 Å². The van der Waals surface area contributed by atoms with Gasteiger partial charge >= 0.3 is 7.60 Å². The lowest BCUT2D eigenvalue weighted by molar-refractivity contribution is 0.138. The maximum absolute atomic E-state index is 13.9. The molecule has 0 aromatic heterocycles. The molecule has 4 nitrogen and oxygen atoms in total. The number of rotatable bonds is 9. The van der Waals surface area contributed by atoms with E-state index in [4.69, 9.17) is 9.05 Å². The molecular formula is C22H31BrNO3P. The maximum atomic E-state index is 13.9. The number of anilines is 1. The molecule has 154 valence electrons. The first-order chi connectivity index (χ1) is 13.1. The Morgan fingerprint density at radius 1 is 0.786 bits per heavy atom. The predicted molar refractivity (Wildman–Crippen MR) is 121 cm³/mol. The van der Waals surface area contributed by atoms with Gasteiger partial charge in [-0.05, 0) is 69.0 Å². The summed E-state index contributed by atoms with van der Waals surface area (Å²) in [5, 5.41) is 3.40. The van der Waals surface area contributed by atoms with Gasteiger partial charge in [0.15, 0.2) is 5.78 Å². The van der Waals surface area contributed by atoms with Gasteiger partial charge in [-0.3, -0.25) is 4.57 Å². The molecule has 0 amide bonds. The Balaban J connectivity index is 2.45. The third-order valence-electron chi connectivity index (χ3n) is 4.10. The zero-order valence-corrected chi connectivity index (χ0v) is 20.0. The molecule has 0 bridgehead atoms. The molecule has 0 radical (unpaired) electrons. The van der Waals surface area contributed by atoms with E-state index in [1.165, 1.54) is 5.56 Å². The van der Waals surface area contributed by atoms with E-state index in [1.54, 1.807) is 0 Å². The number of halogens is 1. The molecule has 1 N–H and O–H groups in total. The van der Waals surface area contributed by atoms with E-state index in [-0.39, 0.29) is 12.2 Å². The normalized spacial score (nSPS) is 13.4. The predicted octanol–water partition coefficient (Wildman–Crippen LogP) is 7.73. The van der Waals surface area contributed by atoms with Crippen molar-refractivity contribution in [1.29, 1.82) is 0 Å². The second-order valence-electron chi connectivity index (χ2n) is 7.72. The number of nitrogens with one attached hydrogen (secondary N) is 1. The van der Waals surface area contributed by atoms with Crippen LogP contribution in [0, 0.1) is 0 Å². The van der Waals surface area contributed by atoms with Crippen LogP contribution >= 0.6 is 23.5 Å². The second-order valence-corrected chi connectivity index (χ2v) is 10.7. The van der Waals surface area contributed by atoms with Crippen molar-refractivity contribution < 1.29 is 13.6 Å². The Morgan fingerprint density at radius 2 is 1.25 bits per heavy atom. The summed E-state index contributed by atoms with van der Waals surface area (Å²) in [7, 11) is -3.50. The Bertz CT molecular complexity index is 774. The standard InChI is InChI=1S/C22H31BrNO3P/c1-15(2)18-9-13-21(14-10-18)24-22(19-7-11-20(23)12-8-19)28(25,26-16(3)4)27-17(5)6/h7-17,22,24H,1-6H3. The van der Waals surface area contributed by atoms with E-state index in [0.717, 1.165) is 15.7 Å². The molecular weight excluding hydrogens is 437 g/mol. The van der Waals surface area contributed by atoms with E-state index in [9.17, 15) is 4.57 Å². The summed E-state index contributed by atoms with van der Waals surface area (Å²) >= 11 is 3.46. The molecule has 0 aliphatic rings. The lowest BCUT2D eigenvalue weighted by atomic mass is 10.0. The van der Waals surface area contributed by atoms with Gasteiger partial charge in [0.2, 0.25) is 0 Å². The van der Waals surface area contributed by atoms with Crippen molar-refractivity contribution in [1.82, 2.24) is 0 Å². The number of hydrogen-bond donors (Lipinski definition) is 1. The molecule has 2 aromatic rings. The van der Waals surface area contributed by atoms with Crippen molar-refractivity contribution in [2.24, 2.45) is 0 Å². The van der Waals surface area contributed by atoms with Gasteiger partial charge < -0.3 is 14.4 Å². The fraction of sp³-hybridized carbons (Fsp3) is 0.455. The molecule has 6 heteroatoms. The van der Waals surface area contributed by atoms with Crippen LogP contribution in [-0.4, -0.2) is 12.2 Å². The van der Waals surface area contributed by atoms with Crippen molar-refractivity contribution in [3.05, 3.63) is 64.1 Å². The fourth-order valence-corrected chi connectivity index (χ4v) is 5.42. The topological polar surface area (TPSA) is 47.6 Å². The number of hydrogen-bond acceptors (Lipinski definition) is 4. The average molecular weight is 468 g/mol. The molecule has 28 heavy (non-hydrogen) atoms. The van der Waals surface area contributed by atoms with Gasteiger partial charge in [-0.15, -0.1) is 0 Å². The molecule has 2 rings (SSSR count). The summed E-state index contributed by atoms with van der Waals surface area (Å²) < 4.78 is 26.6. The van der Waals surface area contributed by atoms with E-state index < -0.39 is 13.4 Å². The van der Waals surface area contributed by atoms with Crippen LogP contribution in [0.1, 0.15) is 64.4 Å². The molecule has 1 atom stereocenters. The van der Waals surface area contributed by atoms with Crippen molar-refractivity contribution in [2.75, 3.05) is 5.32 Å². The Hall–Kier alpha value is -1.13. The quantitative estimate of drug-likeness (QED) is 0.383. The highest BCUT2D eigenvalue weighted by Gasteiger charge is 2.39. The fourth-order valence-electron chi connectivity index (χ4n) is 2.85. The minimum absolute atomic E-state index is 0.229. The largest absolute Gasteiger partial charge is 0.368 e. The monoisotopic (exact) mass is 467 g/mol. The molecule has 0 fully saturated rings. The molecule has 1 unspecified atom stereocenters. The molecule has 0 saturated carbocycles. The number of benzene rings is 2. The average Bonchev–Trinajstić information content (AvgIpc) is 2.59. The minimum Gasteiger partial charge on any atom is -0.368 e. The van der Waals surface area contributed by atoms with E-state index >= 15 is 0 Å². The SMILES string of the molecule is CC(C)OP(=O)(OC(C)C)C(Nc1ccc(C(C)C)cc1)c1ccc(Br)cc1. The van der Waals surface area contributed by atoms with Crippen LogP contribution in [0.15, 0.2) is 53.0 Å². The first-order valence-electron chi connectivity index (χ1n) is 9.69. The van der Waals surface area contributed by atoms with Crippen LogP contribution in [-0.2, 0) is 13.6 Å². The Labute approximate surface area is 177 Å². The van der Waals surface area contributed by atoms with Gasteiger partial charge in [-0.25, -0.2) is 0 Å². The zero-order valence-electron chi connectivity index (χ0n) is 17.5. The van der Waals surface area contributed by atoms with Gasteiger partial charge in [-0.2, -0.15) is 0 Å². The molecule has 0 aliphatic carbocycles. The molecule has 0 heterocycles. The molecule has 0 saturated heterocycles. The highest BCUT2D eigenvalue weighted by atomic mass is 79.9. The first-order valence-corrected chi connectivity index (χ1v) is 12.1. The van der Waals surface area contributed by atoms with Gasteiger partial charge in [0.25, 0.3) is 0 Å². The van der Waals surface area contributed by atoms with Gasteiger partial charge in [0.05, 0.1) is 12.2 Å². The van der Waals surface area contributed by atoms with Gasteiger partial charge in [0, 0.05) is 10.2 Å². The molecule has 2 aromatic carbocycles. The van der Waals surface area contributed by atoms with Crippen molar-refractivity contribution in [3.8, 4) is 0 Å². The summed E-state index contributed by atoms with van der Waals surface area (Å²) in [6.45, 7) is 11.8. The van der Waals surface area contributed by atoms with Crippen LogP contribution in [0.3, 0.4) is 0 Å². The lowest BCUT2D eigenvalue weighted by Crippen LogP contribution is -2.19. The van der Waals surface area contributed by atoms with Crippen LogP contribution in [0.2, 0.25) is 0 Å². The van der Waals surface area contributed by atoms with Crippen molar-refractivity contribution in [3.63, 3.8) is 0 Å². The minimum atomic E-state index is -3.50. The lowest BCUT2D eigenvalue weighted by Gasteiger charge is -2.31. The summed E-state index contributed by atoms with van der Waals surface area (Å²) in [4.78, 5) is 0. The third-order valence-corrected chi connectivity index (χ3v) is 7.12. The third kappa shape index (κ3) is 6.45. The second kappa shape index (κ2) is 10.1. The molecule has 0 aliphatic heterocycles. The maximum Gasteiger partial charge on any atom is 0.357 e. The van der Waals surface area contributed by atoms with Crippen LogP contribution in [0.25, 0.3) is 0 Å². The Kier molecular flexibility index (Phi) is 8.32. The molecule has 0 spiro atoms. The van der Waals surface area contributed by atoms with Gasteiger partial charge in [0.1, 0.15) is 0 Å². The first kappa shape index (κ1) is 23.2. The van der Waals surface area contributed by atoms with E-state index in [2.05, 4.69) is 47.2 Å². The highest BCUT2D eigenvalue weighted by molar-refractivity contribution is 9.10. The van der Waals surface area contributed by atoms with Crippen LogP contribution in [0.5, 0.6) is 0 Å². The van der Waals surface area contributed by atoms with Crippen LogP contribution in [0.4, 0.5) is 5.69 Å². The summed E-state index contributed by atoms with van der Waals surface area (Å²) in [5.41, 5.74) is 2.98.